The molecule has 0 radical (unpaired) electrons. The predicted octanol–water partition coefficient (Wildman–Crippen LogP) is 14.3. The van der Waals surface area contributed by atoms with Gasteiger partial charge in [0.25, 0.3) is 0 Å². The average Bonchev–Trinajstić information content (AvgIpc) is 4.04. The van der Waals surface area contributed by atoms with E-state index in [1.165, 1.54) is 44.5 Å². The topological polar surface area (TPSA) is 31.0 Å². The molecule has 2 heterocycles. The quantitative estimate of drug-likeness (QED) is 0.179. The second-order valence-electron chi connectivity index (χ2n) is 15.8. The standard InChI is InChI=1S/C56H34N2O/c1-2-15-37(16-3-1)58-52-27-12-11-26-51(52)57-55(58)45-32-30-35(38-21-14-22-44-43-20-7-13-28-53(43)59-54(38)44)33-46(45)36-29-31-42-41-19-6-10-25-49(41)56(50(42)34-36)47-23-8-4-17-39(47)40-18-5-9-24-48(40)56/h1-34H. The van der Waals surface area contributed by atoms with Crippen molar-refractivity contribution in [3.8, 4) is 61.6 Å². The normalized spacial score (nSPS) is 13.2. The molecule has 0 atom stereocenters. The van der Waals surface area contributed by atoms with Gasteiger partial charge in [-0.15, -0.1) is 0 Å². The third kappa shape index (κ3) is 4.39. The van der Waals surface area contributed by atoms with Crippen LogP contribution in [-0.2, 0) is 5.41 Å². The molecule has 0 fully saturated rings. The van der Waals surface area contributed by atoms with Gasteiger partial charge in [-0.05, 0) is 110 Å². The van der Waals surface area contributed by atoms with Gasteiger partial charge in [0.05, 0.1) is 16.4 Å². The van der Waals surface area contributed by atoms with Crippen molar-refractivity contribution in [2.75, 3.05) is 0 Å². The van der Waals surface area contributed by atoms with Crippen molar-refractivity contribution in [2.24, 2.45) is 0 Å². The Labute approximate surface area is 341 Å². The molecule has 59 heavy (non-hydrogen) atoms. The van der Waals surface area contributed by atoms with Crippen LogP contribution in [0.4, 0.5) is 0 Å². The van der Waals surface area contributed by atoms with E-state index in [0.29, 0.717) is 0 Å². The van der Waals surface area contributed by atoms with Crippen molar-refractivity contribution in [3.05, 3.63) is 229 Å². The first-order chi connectivity index (χ1) is 29.3. The fourth-order valence-corrected chi connectivity index (χ4v) is 10.4. The minimum absolute atomic E-state index is 0.454. The van der Waals surface area contributed by atoms with Crippen molar-refractivity contribution in [3.63, 3.8) is 0 Å². The summed E-state index contributed by atoms with van der Waals surface area (Å²) in [5.74, 6) is 0.899. The number of rotatable bonds is 4. The molecule has 9 aromatic carbocycles. The first-order valence-corrected chi connectivity index (χ1v) is 20.3. The number of para-hydroxylation sites is 5. The summed E-state index contributed by atoms with van der Waals surface area (Å²) in [6.07, 6.45) is 0. The first kappa shape index (κ1) is 32.3. The molecular weight excluding hydrogens is 717 g/mol. The van der Waals surface area contributed by atoms with E-state index in [9.17, 15) is 0 Å². The van der Waals surface area contributed by atoms with E-state index in [2.05, 4.69) is 205 Å². The van der Waals surface area contributed by atoms with Gasteiger partial charge in [0, 0.05) is 27.6 Å². The summed E-state index contributed by atoms with van der Waals surface area (Å²) in [4.78, 5) is 5.41. The zero-order valence-electron chi connectivity index (χ0n) is 31.9. The maximum absolute atomic E-state index is 6.63. The van der Waals surface area contributed by atoms with Crippen molar-refractivity contribution in [1.82, 2.24) is 9.55 Å². The van der Waals surface area contributed by atoms with Gasteiger partial charge < -0.3 is 4.42 Å². The molecule has 1 spiro atoms. The van der Waals surface area contributed by atoms with Crippen molar-refractivity contribution in [1.29, 1.82) is 0 Å². The van der Waals surface area contributed by atoms with Crippen LogP contribution in [0.15, 0.2) is 211 Å². The lowest BCUT2D eigenvalue weighted by Crippen LogP contribution is -2.25. The van der Waals surface area contributed by atoms with Crippen LogP contribution in [0, 0.1) is 0 Å². The van der Waals surface area contributed by atoms with Gasteiger partial charge in [-0.3, -0.25) is 4.57 Å². The molecular formula is C56H34N2O. The lowest BCUT2D eigenvalue weighted by atomic mass is 9.70. The molecule has 13 rings (SSSR count). The van der Waals surface area contributed by atoms with Crippen molar-refractivity contribution >= 4 is 33.0 Å². The Morgan fingerprint density at radius 3 is 1.69 bits per heavy atom. The largest absolute Gasteiger partial charge is 0.455 e. The summed E-state index contributed by atoms with van der Waals surface area (Å²) < 4.78 is 8.93. The molecule has 3 nitrogen and oxygen atoms in total. The lowest BCUT2D eigenvalue weighted by molar-refractivity contribution is 0.670. The summed E-state index contributed by atoms with van der Waals surface area (Å²) in [6, 6.07) is 74.9. The third-order valence-corrected chi connectivity index (χ3v) is 12.9. The number of aromatic nitrogens is 2. The summed E-state index contributed by atoms with van der Waals surface area (Å²) in [5, 5.41) is 2.24. The fraction of sp³-hybridized carbons (Fsp3) is 0.0179. The smallest absolute Gasteiger partial charge is 0.146 e. The molecule has 3 heteroatoms. The summed E-state index contributed by atoms with van der Waals surface area (Å²) >= 11 is 0. The molecule has 2 aliphatic rings. The van der Waals surface area contributed by atoms with Gasteiger partial charge in [-0.2, -0.15) is 0 Å². The van der Waals surface area contributed by atoms with Crippen LogP contribution in [0.3, 0.4) is 0 Å². The fourth-order valence-electron chi connectivity index (χ4n) is 10.4. The molecule has 0 saturated heterocycles. The van der Waals surface area contributed by atoms with Gasteiger partial charge in [0.2, 0.25) is 0 Å². The second-order valence-corrected chi connectivity index (χ2v) is 15.8. The van der Waals surface area contributed by atoms with Gasteiger partial charge >= 0.3 is 0 Å². The zero-order chi connectivity index (χ0) is 38.7. The van der Waals surface area contributed by atoms with E-state index in [-0.39, 0.29) is 0 Å². The molecule has 2 aromatic heterocycles. The Balaban J connectivity index is 1.12. The highest BCUT2D eigenvalue weighted by molar-refractivity contribution is 6.10. The molecule has 0 bridgehead atoms. The van der Waals surface area contributed by atoms with Gasteiger partial charge in [0.15, 0.2) is 0 Å². The molecule has 0 amide bonds. The second kappa shape index (κ2) is 12.1. The van der Waals surface area contributed by atoms with Crippen LogP contribution in [-0.4, -0.2) is 9.55 Å². The van der Waals surface area contributed by atoms with Crippen molar-refractivity contribution in [2.45, 2.75) is 5.41 Å². The highest BCUT2D eigenvalue weighted by Crippen LogP contribution is 2.63. The monoisotopic (exact) mass is 750 g/mol. The highest BCUT2D eigenvalue weighted by Gasteiger charge is 2.51. The number of hydrogen-bond acceptors (Lipinski definition) is 2. The third-order valence-electron chi connectivity index (χ3n) is 12.9. The Hall–Kier alpha value is -7.75. The Morgan fingerprint density at radius 2 is 0.949 bits per heavy atom. The molecule has 0 N–H and O–H groups in total. The molecule has 0 saturated carbocycles. The van der Waals surface area contributed by atoms with Gasteiger partial charge in [-0.25, -0.2) is 4.98 Å². The highest BCUT2D eigenvalue weighted by atomic mass is 16.3. The number of benzene rings is 9. The molecule has 0 aliphatic heterocycles. The van der Waals surface area contributed by atoms with Gasteiger partial charge in [-0.1, -0.05) is 158 Å². The van der Waals surface area contributed by atoms with E-state index in [4.69, 9.17) is 9.40 Å². The first-order valence-electron chi connectivity index (χ1n) is 20.3. The SMILES string of the molecule is c1ccc(-n2c(-c3ccc(-c4cccc5c4oc4ccccc45)cc3-c3ccc4c(c3)C3(c5ccccc5-c5ccccc53)c3ccccc3-4)nc3ccccc32)cc1. The molecule has 2 aliphatic carbocycles. The maximum Gasteiger partial charge on any atom is 0.146 e. The van der Waals surface area contributed by atoms with E-state index in [0.717, 1.165) is 72.3 Å². The lowest BCUT2D eigenvalue weighted by Gasteiger charge is -2.30. The van der Waals surface area contributed by atoms with Crippen LogP contribution in [0.5, 0.6) is 0 Å². The number of furan rings is 1. The van der Waals surface area contributed by atoms with Crippen LogP contribution in [0.2, 0.25) is 0 Å². The number of fused-ring (bicyclic) bond motifs is 14. The van der Waals surface area contributed by atoms with Crippen molar-refractivity contribution < 1.29 is 4.42 Å². The number of nitrogens with zero attached hydrogens (tertiary/aromatic N) is 2. The van der Waals surface area contributed by atoms with E-state index >= 15 is 0 Å². The van der Waals surface area contributed by atoms with Crippen LogP contribution in [0.1, 0.15) is 22.3 Å². The summed E-state index contributed by atoms with van der Waals surface area (Å²) in [7, 11) is 0. The average molecular weight is 751 g/mol. The Kier molecular flexibility index (Phi) is 6.65. The summed E-state index contributed by atoms with van der Waals surface area (Å²) in [6.45, 7) is 0. The molecule has 0 unspecified atom stereocenters. The van der Waals surface area contributed by atoms with E-state index < -0.39 is 5.41 Å². The molecule has 274 valence electrons. The maximum atomic E-state index is 6.63. The Bertz CT molecular complexity index is 3450. The van der Waals surface area contributed by atoms with Crippen LogP contribution in [0.25, 0.3) is 94.6 Å². The van der Waals surface area contributed by atoms with E-state index in [1.54, 1.807) is 0 Å². The number of hydrogen-bond donors (Lipinski definition) is 0. The van der Waals surface area contributed by atoms with E-state index in [1.807, 2.05) is 6.07 Å². The predicted molar refractivity (Wildman–Crippen MR) is 241 cm³/mol. The molecule has 11 aromatic rings. The van der Waals surface area contributed by atoms with Crippen LogP contribution < -0.4 is 0 Å². The Morgan fingerprint density at radius 1 is 0.390 bits per heavy atom. The minimum atomic E-state index is -0.454. The number of imidazole rings is 1. The van der Waals surface area contributed by atoms with Gasteiger partial charge in [0.1, 0.15) is 17.0 Å². The minimum Gasteiger partial charge on any atom is -0.455 e. The zero-order valence-corrected chi connectivity index (χ0v) is 31.9. The van der Waals surface area contributed by atoms with Crippen LogP contribution >= 0.6 is 0 Å². The summed E-state index contributed by atoms with van der Waals surface area (Å²) in [5.41, 5.74) is 20.4.